The van der Waals surface area contributed by atoms with E-state index in [0.717, 1.165) is 26.4 Å². The van der Waals surface area contributed by atoms with Crippen molar-refractivity contribution in [3.05, 3.63) is 0 Å². The summed E-state index contributed by atoms with van der Waals surface area (Å²) in [5.74, 6) is 0. The quantitative estimate of drug-likeness (QED) is 0.245. The van der Waals surface area contributed by atoms with Gasteiger partial charge in [0.05, 0.1) is 25.9 Å². The van der Waals surface area contributed by atoms with Crippen LogP contribution in [0.2, 0.25) is 0 Å². The van der Waals surface area contributed by atoms with Gasteiger partial charge >= 0.3 is 0 Å². The van der Waals surface area contributed by atoms with Crippen LogP contribution < -0.4 is 5.73 Å². The molecule has 2 rings (SSSR count). The number of hydrogen-bond donors (Lipinski definition) is 1. The van der Waals surface area contributed by atoms with Gasteiger partial charge in [0.25, 0.3) is 0 Å². The minimum atomic E-state index is 0.583. The van der Waals surface area contributed by atoms with Crippen molar-refractivity contribution in [3.63, 3.8) is 0 Å². The summed E-state index contributed by atoms with van der Waals surface area (Å²) >= 11 is 0. The summed E-state index contributed by atoms with van der Waals surface area (Å²) in [6.45, 7) is 8.21. The Bertz CT molecular complexity index is 224. The van der Waals surface area contributed by atoms with E-state index in [9.17, 15) is 0 Å². The van der Waals surface area contributed by atoms with Crippen LogP contribution in [0.5, 0.6) is 0 Å². The van der Waals surface area contributed by atoms with E-state index in [1.54, 1.807) is 0 Å². The van der Waals surface area contributed by atoms with Gasteiger partial charge in [-0.25, -0.2) is 0 Å². The summed E-state index contributed by atoms with van der Waals surface area (Å²) in [6.07, 6.45) is 23.4. The lowest BCUT2D eigenvalue weighted by atomic mass is 10.0. The summed E-state index contributed by atoms with van der Waals surface area (Å²) in [5.41, 5.74) is 5.48. The van der Waals surface area contributed by atoms with Crippen LogP contribution in [0.3, 0.4) is 0 Å². The minimum Gasteiger partial charge on any atom is -0.377 e. The molecule has 158 valence electrons. The fourth-order valence-corrected chi connectivity index (χ4v) is 2.79. The van der Waals surface area contributed by atoms with E-state index < -0.39 is 0 Å². The maximum atomic E-state index is 5.48. The van der Waals surface area contributed by atoms with Crippen molar-refractivity contribution >= 4 is 0 Å². The van der Waals surface area contributed by atoms with Crippen molar-refractivity contribution < 1.29 is 9.47 Å². The van der Waals surface area contributed by atoms with Crippen molar-refractivity contribution in [2.75, 3.05) is 26.4 Å². The molecule has 0 amide bonds. The number of unbranched alkanes of at least 4 members (excludes halogenated alkanes) is 15. The predicted molar refractivity (Wildman–Crippen MR) is 115 cm³/mol. The van der Waals surface area contributed by atoms with Crippen LogP contribution in [-0.2, 0) is 9.47 Å². The number of ether oxygens (including phenoxy) is 2. The van der Waals surface area contributed by atoms with E-state index in [1.165, 1.54) is 103 Å². The molecule has 2 aliphatic heterocycles. The molecule has 26 heavy (non-hydrogen) atoms. The molecule has 0 aromatic carbocycles. The smallest absolute Gasteiger partial charge is 0.0781 e. The molecule has 2 heterocycles. The van der Waals surface area contributed by atoms with E-state index in [4.69, 9.17) is 10.5 Å². The zero-order chi connectivity index (χ0) is 19.1. The van der Waals surface area contributed by atoms with Gasteiger partial charge in [0, 0.05) is 0 Å². The fourth-order valence-electron chi connectivity index (χ4n) is 2.79. The van der Waals surface area contributed by atoms with Gasteiger partial charge in [-0.3, -0.25) is 0 Å². The van der Waals surface area contributed by atoms with Gasteiger partial charge < -0.3 is 15.2 Å². The summed E-state index contributed by atoms with van der Waals surface area (Å²) < 4.78 is 9.21. The Balaban J connectivity index is 0.000000721. The zero-order valence-electron chi connectivity index (χ0n) is 18.1. The Kier molecular flexibility index (Phi) is 22.8. The van der Waals surface area contributed by atoms with Gasteiger partial charge in [-0.15, -0.1) is 0 Å². The molecule has 0 bridgehead atoms. The van der Waals surface area contributed by atoms with Crippen molar-refractivity contribution in [1.29, 1.82) is 0 Å². The fraction of sp³-hybridized carbons (Fsp3) is 1.00. The molecule has 2 fully saturated rings. The van der Waals surface area contributed by atoms with Crippen LogP contribution in [0.25, 0.3) is 0 Å². The highest BCUT2D eigenvalue weighted by atomic mass is 16.6. The molecule has 2 aliphatic rings. The van der Waals surface area contributed by atoms with Crippen LogP contribution in [-0.4, -0.2) is 32.5 Å². The van der Waals surface area contributed by atoms with Gasteiger partial charge in [0.2, 0.25) is 0 Å². The lowest BCUT2D eigenvalue weighted by molar-refractivity contribution is 0.423. The summed E-state index contributed by atoms with van der Waals surface area (Å²) in [7, 11) is 0. The summed E-state index contributed by atoms with van der Waals surface area (Å²) in [5, 5.41) is 0. The molecule has 0 aromatic rings. The Morgan fingerprint density at radius 1 is 0.654 bits per heavy atom. The highest BCUT2D eigenvalue weighted by Gasteiger charge is 2.13. The van der Waals surface area contributed by atoms with E-state index in [-0.39, 0.29) is 0 Å². The van der Waals surface area contributed by atoms with E-state index in [2.05, 4.69) is 18.6 Å². The van der Waals surface area contributed by atoms with Crippen LogP contribution in [0.4, 0.5) is 0 Å². The number of nitrogens with two attached hydrogens (primary N) is 1. The third kappa shape index (κ3) is 31.6. The molecule has 0 radical (unpaired) electrons. The molecule has 2 N–H and O–H groups in total. The molecule has 0 aliphatic carbocycles. The van der Waals surface area contributed by atoms with E-state index in [1.807, 2.05) is 0 Å². The largest absolute Gasteiger partial charge is 0.377 e. The van der Waals surface area contributed by atoms with Crippen LogP contribution in [0, 0.1) is 0 Å². The monoisotopic (exact) mass is 371 g/mol. The Morgan fingerprint density at radius 3 is 1.12 bits per heavy atom. The minimum absolute atomic E-state index is 0.583. The zero-order valence-corrected chi connectivity index (χ0v) is 18.1. The lowest BCUT2D eigenvalue weighted by Crippen LogP contribution is -1.97. The predicted octanol–water partition coefficient (Wildman–Crippen LogP) is 6.63. The Hall–Kier alpha value is -0.120. The van der Waals surface area contributed by atoms with Crippen LogP contribution in [0.1, 0.15) is 117 Å². The Labute approximate surface area is 164 Å². The highest BCUT2D eigenvalue weighted by molar-refractivity contribution is 4.58. The highest BCUT2D eigenvalue weighted by Crippen LogP contribution is 2.13. The van der Waals surface area contributed by atoms with Gasteiger partial charge in [0.15, 0.2) is 0 Å². The summed E-state index contributed by atoms with van der Waals surface area (Å²) in [6, 6.07) is 0. The first-order chi connectivity index (χ1) is 12.8. The topological polar surface area (TPSA) is 51.1 Å². The molecule has 1 atom stereocenters. The second-order valence-corrected chi connectivity index (χ2v) is 7.85. The molecule has 0 aromatic heterocycles. The molecule has 2 saturated heterocycles. The van der Waals surface area contributed by atoms with Crippen molar-refractivity contribution in [2.45, 2.75) is 123 Å². The number of epoxide rings is 2. The maximum Gasteiger partial charge on any atom is 0.0781 e. The lowest BCUT2D eigenvalue weighted by Gasteiger charge is -2.03. The molecule has 3 heteroatoms. The number of hydrogen-bond acceptors (Lipinski definition) is 3. The van der Waals surface area contributed by atoms with E-state index >= 15 is 0 Å². The molecule has 0 saturated carbocycles. The molecular formula is C23H49NO2. The molecule has 0 spiro atoms. The second-order valence-electron chi connectivity index (χ2n) is 7.85. The first kappa shape index (κ1) is 25.9. The molecular weight excluding hydrogens is 322 g/mol. The van der Waals surface area contributed by atoms with Crippen LogP contribution in [0.15, 0.2) is 0 Å². The normalized spacial score (nSPS) is 17.0. The molecule has 1 unspecified atom stereocenters. The third-order valence-electron chi connectivity index (χ3n) is 4.76. The molecule has 3 nitrogen and oxygen atoms in total. The first-order valence-electron chi connectivity index (χ1n) is 11.7. The number of rotatable bonds is 16. The second kappa shape index (κ2) is 22.9. The Morgan fingerprint density at radius 2 is 0.923 bits per heavy atom. The van der Waals surface area contributed by atoms with Crippen LogP contribution >= 0.6 is 0 Å². The van der Waals surface area contributed by atoms with Crippen molar-refractivity contribution in [1.82, 2.24) is 0 Å². The van der Waals surface area contributed by atoms with Crippen molar-refractivity contribution in [3.8, 4) is 0 Å². The van der Waals surface area contributed by atoms with Gasteiger partial charge in [-0.1, -0.05) is 103 Å². The van der Waals surface area contributed by atoms with Gasteiger partial charge in [-0.2, -0.15) is 0 Å². The third-order valence-corrected chi connectivity index (χ3v) is 4.76. The van der Waals surface area contributed by atoms with Gasteiger partial charge in [0.1, 0.15) is 0 Å². The maximum absolute atomic E-state index is 5.48. The van der Waals surface area contributed by atoms with Crippen molar-refractivity contribution in [2.24, 2.45) is 5.73 Å². The first-order valence-corrected chi connectivity index (χ1v) is 11.7. The average Bonchev–Trinajstić information content (AvgIpc) is 3.54. The van der Waals surface area contributed by atoms with Gasteiger partial charge in [-0.05, 0) is 19.9 Å². The average molecular weight is 372 g/mol. The van der Waals surface area contributed by atoms with E-state index in [0.29, 0.717) is 6.10 Å². The SMILES string of the molecule is C1CO1.CC1CO1.CCCCCCCCCCCCCCCCCCN. The standard InChI is InChI=1S/C18H39N.C3H6O.C2H4O/c1-2-3-4-5-6-7-8-9-10-11-12-13-14-15-16-17-18-19;1-3-2-4-3;1-2-3-1/h2-19H2,1H3;3H,2H2,1H3;1-2H2. The summed E-state index contributed by atoms with van der Waals surface area (Å²) in [4.78, 5) is 0.